The molecule has 0 radical (unpaired) electrons. The predicted octanol–water partition coefficient (Wildman–Crippen LogP) is 4.44. The largest absolute Gasteiger partial charge is 0.352 e. The Morgan fingerprint density at radius 1 is 1.07 bits per heavy atom. The third kappa shape index (κ3) is 4.22. The number of hydrogen-bond acceptors (Lipinski definition) is 4. The number of carbonyl (C=O) groups is 1. The molecule has 0 bridgehead atoms. The number of fused-ring (bicyclic) bond motifs is 1. The molecule has 0 aliphatic rings. The van der Waals surface area contributed by atoms with E-state index in [1.165, 1.54) is 0 Å². The zero-order valence-electron chi connectivity index (χ0n) is 17.2. The number of amides is 1. The van der Waals surface area contributed by atoms with Gasteiger partial charge in [0.05, 0.1) is 11.3 Å². The first-order chi connectivity index (χ1) is 14.6. The lowest BCUT2D eigenvalue weighted by atomic mass is 10.0. The molecule has 0 atom stereocenters. The lowest BCUT2D eigenvalue weighted by Crippen LogP contribution is -2.25. The van der Waals surface area contributed by atoms with Crippen LogP contribution in [-0.2, 0) is 6.54 Å². The van der Waals surface area contributed by atoms with Crippen LogP contribution < -0.4 is 5.32 Å². The van der Waals surface area contributed by atoms with E-state index in [0.717, 1.165) is 40.8 Å². The van der Waals surface area contributed by atoms with Crippen LogP contribution in [0.2, 0.25) is 0 Å². The van der Waals surface area contributed by atoms with Crippen molar-refractivity contribution >= 4 is 16.7 Å². The Bertz CT molecular complexity index is 1140. The highest BCUT2D eigenvalue weighted by Crippen LogP contribution is 2.26. The fraction of sp³-hybridized carbons (Fsp3) is 0.250. The van der Waals surface area contributed by atoms with Crippen LogP contribution in [-0.4, -0.2) is 32.0 Å². The predicted molar refractivity (Wildman–Crippen MR) is 118 cm³/mol. The van der Waals surface area contributed by atoms with Crippen LogP contribution in [0.3, 0.4) is 0 Å². The number of rotatable bonds is 7. The van der Waals surface area contributed by atoms with Crippen LogP contribution in [0, 0.1) is 0 Å². The number of aromatic nitrogens is 4. The van der Waals surface area contributed by atoms with E-state index in [0.29, 0.717) is 18.0 Å². The minimum atomic E-state index is -0.106. The van der Waals surface area contributed by atoms with E-state index in [1.807, 2.05) is 55.0 Å². The zero-order chi connectivity index (χ0) is 20.9. The number of hydrogen-bond donors (Lipinski definition) is 1. The lowest BCUT2D eigenvalue weighted by molar-refractivity contribution is 0.0952. The lowest BCUT2D eigenvalue weighted by Gasteiger charge is -2.11. The molecule has 1 N–H and O–H groups in total. The first-order valence-corrected chi connectivity index (χ1v) is 10.2. The Morgan fingerprint density at radius 3 is 2.77 bits per heavy atom. The SMILES string of the molecule is CC(C)c1nccn1CCCNC(=O)c1ccc(-c2cccc3cnccc23)nc1. The van der Waals surface area contributed by atoms with Crippen LogP contribution >= 0.6 is 0 Å². The standard InChI is InChI=1S/C24H25N5O/c1-17(2)23-26-12-14-29(23)13-4-10-27-24(30)19-7-8-22(28-16-19)21-6-3-5-18-15-25-11-9-20(18)21/h3,5-9,11-12,14-17H,4,10,13H2,1-2H3,(H,27,30). The summed E-state index contributed by atoms with van der Waals surface area (Å²) in [4.78, 5) is 25.6. The number of carbonyl (C=O) groups excluding carboxylic acids is 1. The maximum Gasteiger partial charge on any atom is 0.252 e. The Kier molecular flexibility index (Phi) is 5.84. The number of benzene rings is 1. The Morgan fingerprint density at radius 2 is 1.97 bits per heavy atom. The quantitative estimate of drug-likeness (QED) is 0.467. The minimum Gasteiger partial charge on any atom is -0.352 e. The molecular weight excluding hydrogens is 374 g/mol. The average Bonchev–Trinajstić information content (AvgIpc) is 3.25. The molecule has 3 aromatic heterocycles. The average molecular weight is 399 g/mol. The van der Waals surface area contributed by atoms with Crippen molar-refractivity contribution in [2.24, 2.45) is 0 Å². The third-order valence-electron chi connectivity index (χ3n) is 5.11. The summed E-state index contributed by atoms with van der Waals surface area (Å²) in [6.07, 6.45) is 9.92. The first-order valence-electron chi connectivity index (χ1n) is 10.2. The monoisotopic (exact) mass is 399 g/mol. The molecule has 0 spiro atoms. The van der Waals surface area contributed by atoms with Crippen LogP contribution in [0.4, 0.5) is 0 Å². The van der Waals surface area contributed by atoms with Crippen molar-refractivity contribution in [2.45, 2.75) is 32.7 Å². The van der Waals surface area contributed by atoms with E-state index in [9.17, 15) is 4.79 Å². The second-order valence-corrected chi connectivity index (χ2v) is 7.58. The van der Waals surface area contributed by atoms with Gasteiger partial charge < -0.3 is 9.88 Å². The van der Waals surface area contributed by atoms with E-state index in [-0.39, 0.29) is 5.91 Å². The molecule has 0 unspecified atom stereocenters. The minimum absolute atomic E-state index is 0.106. The third-order valence-corrected chi connectivity index (χ3v) is 5.11. The Balaban J connectivity index is 1.37. The Hall–Kier alpha value is -3.54. The van der Waals surface area contributed by atoms with Crippen molar-refractivity contribution in [2.75, 3.05) is 6.54 Å². The van der Waals surface area contributed by atoms with Crippen LogP contribution in [0.15, 0.2) is 67.4 Å². The maximum absolute atomic E-state index is 12.5. The normalized spacial score (nSPS) is 11.2. The Labute approximate surface area is 176 Å². The zero-order valence-corrected chi connectivity index (χ0v) is 17.2. The summed E-state index contributed by atoms with van der Waals surface area (Å²) in [7, 11) is 0. The summed E-state index contributed by atoms with van der Waals surface area (Å²) in [6, 6.07) is 11.8. The van der Waals surface area contributed by atoms with Gasteiger partial charge in [-0.1, -0.05) is 32.0 Å². The van der Waals surface area contributed by atoms with Gasteiger partial charge >= 0.3 is 0 Å². The molecule has 0 saturated carbocycles. The molecule has 6 heteroatoms. The molecule has 0 saturated heterocycles. The molecular formula is C24H25N5O. The molecule has 6 nitrogen and oxygen atoms in total. The van der Waals surface area contributed by atoms with Gasteiger partial charge in [-0.25, -0.2) is 4.98 Å². The summed E-state index contributed by atoms with van der Waals surface area (Å²) in [5, 5.41) is 5.14. The van der Waals surface area contributed by atoms with Gasteiger partial charge in [0.2, 0.25) is 0 Å². The number of aryl methyl sites for hydroxylation is 1. The van der Waals surface area contributed by atoms with E-state index in [2.05, 4.69) is 38.7 Å². The highest BCUT2D eigenvalue weighted by atomic mass is 16.1. The summed E-state index contributed by atoms with van der Waals surface area (Å²) in [5.74, 6) is 1.35. The molecule has 1 amide bonds. The summed E-state index contributed by atoms with van der Waals surface area (Å²) >= 11 is 0. The van der Waals surface area contributed by atoms with Gasteiger partial charge in [0.15, 0.2) is 0 Å². The van der Waals surface area contributed by atoms with Gasteiger partial charge in [0.1, 0.15) is 5.82 Å². The summed E-state index contributed by atoms with van der Waals surface area (Å²) < 4.78 is 2.15. The van der Waals surface area contributed by atoms with Gasteiger partial charge in [-0.15, -0.1) is 0 Å². The molecule has 1 aromatic carbocycles. The molecule has 30 heavy (non-hydrogen) atoms. The van der Waals surface area contributed by atoms with E-state index < -0.39 is 0 Å². The van der Waals surface area contributed by atoms with Crippen molar-refractivity contribution < 1.29 is 4.79 Å². The van der Waals surface area contributed by atoms with Crippen molar-refractivity contribution in [3.63, 3.8) is 0 Å². The van der Waals surface area contributed by atoms with Crippen molar-refractivity contribution in [3.05, 3.63) is 78.8 Å². The first kappa shape index (κ1) is 19.8. The molecule has 3 heterocycles. The highest BCUT2D eigenvalue weighted by Gasteiger charge is 2.10. The molecule has 152 valence electrons. The van der Waals surface area contributed by atoms with Gasteiger partial charge in [0, 0.05) is 60.9 Å². The number of nitrogens with one attached hydrogen (secondary N) is 1. The van der Waals surface area contributed by atoms with Crippen molar-refractivity contribution in [3.8, 4) is 11.3 Å². The van der Waals surface area contributed by atoms with E-state index >= 15 is 0 Å². The molecule has 0 fully saturated rings. The summed E-state index contributed by atoms with van der Waals surface area (Å²) in [5.41, 5.74) is 2.43. The van der Waals surface area contributed by atoms with Gasteiger partial charge in [-0.3, -0.25) is 14.8 Å². The molecule has 0 aliphatic heterocycles. The van der Waals surface area contributed by atoms with Gasteiger partial charge in [-0.2, -0.15) is 0 Å². The smallest absolute Gasteiger partial charge is 0.252 e. The summed E-state index contributed by atoms with van der Waals surface area (Å²) in [6.45, 7) is 5.70. The molecule has 4 rings (SSSR count). The second kappa shape index (κ2) is 8.86. The van der Waals surface area contributed by atoms with Crippen LogP contribution in [0.5, 0.6) is 0 Å². The fourth-order valence-corrected chi connectivity index (χ4v) is 3.60. The number of pyridine rings is 2. The van der Waals surface area contributed by atoms with E-state index in [1.54, 1.807) is 12.4 Å². The molecule has 0 aliphatic carbocycles. The fourth-order valence-electron chi connectivity index (χ4n) is 3.60. The molecule has 4 aromatic rings. The van der Waals surface area contributed by atoms with Gasteiger partial charge in [-0.05, 0) is 30.0 Å². The number of imidazole rings is 1. The van der Waals surface area contributed by atoms with Gasteiger partial charge in [0.25, 0.3) is 5.91 Å². The number of nitrogens with zero attached hydrogens (tertiary/aromatic N) is 4. The second-order valence-electron chi connectivity index (χ2n) is 7.58. The maximum atomic E-state index is 12.5. The highest BCUT2D eigenvalue weighted by molar-refractivity contribution is 5.96. The van der Waals surface area contributed by atoms with Crippen LogP contribution in [0.1, 0.15) is 42.4 Å². The van der Waals surface area contributed by atoms with Crippen molar-refractivity contribution in [1.82, 2.24) is 24.8 Å². The van der Waals surface area contributed by atoms with Crippen LogP contribution in [0.25, 0.3) is 22.0 Å². The van der Waals surface area contributed by atoms with E-state index in [4.69, 9.17) is 0 Å². The van der Waals surface area contributed by atoms with Crippen molar-refractivity contribution in [1.29, 1.82) is 0 Å². The topological polar surface area (TPSA) is 72.7 Å².